The lowest BCUT2D eigenvalue weighted by Crippen LogP contribution is -2.01. The van der Waals surface area contributed by atoms with E-state index in [-0.39, 0.29) is 0 Å². The number of nitrogens with zero attached hydrogens (tertiary/aromatic N) is 2. The highest BCUT2D eigenvalue weighted by atomic mass is 35.5. The molecule has 0 aliphatic heterocycles. The average Bonchev–Trinajstić information content (AvgIpc) is 2.83. The van der Waals surface area contributed by atoms with Crippen LogP contribution < -0.4 is 5.32 Å². The van der Waals surface area contributed by atoms with Gasteiger partial charge < -0.3 is 5.32 Å². The molecular weight excluding hydrogens is 270 g/mol. The predicted octanol–water partition coefficient (Wildman–Crippen LogP) is 4.58. The summed E-state index contributed by atoms with van der Waals surface area (Å²) in [5.41, 5.74) is 2.85. The van der Waals surface area contributed by atoms with Gasteiger partial charge in [-0.2, -0.15) is 0 Å². The first-order valence-electron chi connectivity index (χ1n) is 6.37. The van der Waals surface area contributed by atoms with E-state index in [1.807, 2.05) is 72.3 Å². The van der Waals surface area contributed by atoms with Crippen LogP contribution in [0.3, 0.4) is 0 Å². The summed E-state index contributed by atoms with van der Waals surface area (Å²) in [4.78, 5) is 4.52. The lowest BCUT2D eigenvalue weighted by atomic mass is 10.3. The SMILES string of the molecule is Cc1cn(-c2ccccc2)c(Nc2ccccc2Cl)n1. The van der Waals surface area contributed by atoms with E-state index in [1.54, 1.807) is 0 Å². The van der Waals surface area contributed by atoms with Crippen molar-refractivity contribution in [2.75, 3.05) is 5.32 Å². The van der Waals surface area contributed by atoms with Gasteiger partial charge >= 0.3 is 0 Å². The van der Waals surface area contributed by atoms with E-state index >= 15 is 0 Å². The van der Waals surface area contributed by atoms with Crippen molar-refractivity contribution in [1.82, 2.24) is 9.55 Å². The minimum absolute atomic E-state index is 0.674. The molecule has 0 atom stereocenters. The number of hydrogen-bond donors (Lipinski definition) is 1. The van der Waals surface area contributed by atoms with Gasteiger partial charge in [0.25, 0.3) is 0 Å². The molecule has 0 unspecified atom stereocenters. The highest BCUT2D eigenvalue weighted by Crippen LogP contribution is 2.26. The van der Waals surface area contributed by atoms with Crippen molar-refractivity contribution in [2.45, 2.75) is 6.92 Å². The van der Waals surface area contributed by atoms with Crippen molar-refractivity contribution in [2.24, 2.45) is 0 Å². The standard InChI is InChI=1S/C16H14ClN3/c1-12-11-20(13-7-3-2-4-8-13)16(18-12)19-15-10-6-5-9-14(15)17/h2-11H,1H3,(H,18,19). The minimum atomic E-state index is 0.674. The molecule has 0 saturated carbocycles. The van der Waals surface area contributed by atoms with Crippen LogP contribution in [0.25, 0.3) is 5.69 Å². The lowest BCUT2D eigenvalue weighted by Gasteiger charge is -2.10. The molecular formula is C16H14ClN3. The van der Waals surface area contributed by atoms with Gasteiger partial charge in [-0.1, -0.05) is 41.9 Å². The third kappa shape index (κ3) is 2.53. The number of hydrogen-bond acceptors (Lipinski definition) is 2. The fraction of sp³-hybridized carbons (Fsp3) is 0.0625. The predicted molar refractivity (Wildman–Crippen MR) is 83.0 cm³/mol. The van der Waals surface area contributed by atoms with Crippen LogP contribution in [0, 0.1) is 6.92 Å². The molecule has 0 aliphatic carbocycles. The molecule has 3 nitrogen and oxygen atoms in total. The number of aryl methyl sites for hydroxylation is 1. The monoisotopic (exact) mass is 283 g/mol. The van der Waals surface area contributed by atoms with Crippen molar-refractivity contribution in [1.29, 1.82) is 0 Å². The van der Waals surface area contributed by atoms with E-state index in [0.717, 1.165) is 23.0 Å². The summed E-state index contributed by atoms with van der Waals surface area (Å²) in [6, 6.07) is 17.7. The number of nitrogens with one attached hydrogen (secondary N) is 1. The summed E-state index contributed by atoms with van der Waals surface area (Å²) in [6.07, 6.45) is 1.99. The van der Waals surface area contributed by atoms with Crippen LogP contribution >= 0.6 is 11.6 Å². The summed E-state index contributed by atoms with van der Waals surface area (Å²) in [6.45, 7) is 1.97. The number of aromatic nitrogens is 2. The number of imidazole rings is 1. The van der Waals surface area contributed by atoms with Crippen LogP contribution in [0.4, 0.5) is 11.6 Å². The van der Waals surface area contributed by atoms with Crippen LogP contribution in [0.5, 0.6) is 0 Å². The van der Waals surface area contributed by atoms with Gasteiger partial charge in [-0.25, -0.2) is 4.98 Å². The maximum Gasteiger partial charge on any atom is 0.212 e. The van der Waals surface area contributed by atoms with Crippen molar-refractivity contribution >= 4 is 23.2 Å². The van der Waals surface area contributed by atoms with E-state index in [2.05, 4.69) is 10.3 Å². The van der Waals surface area contributed by atoms with Crippen LogP contribution in [0.1, 0.15) is 5.69 Å². The Bertz CT molecular complexity index is 720. The number of para-hydroxylation sites is 2. The van der Waals surface area contributed by atoms with E-state index in [4.69, 9.17) is 11.6 Å². The Labute approximate surface area is 122 Å². The van der Waals surface area contributed by atoms with Crippen LogP contribution in [0.15, 0.2) is 60.8 Å². The second kappa shape index (κ2) is 5.39. The van der Waals surface area contributed by atoms with Gasteiger partial charge in [0.15, 0.2) is 0 Å². The average molecular weight is 284 g/mol. The van der Waals surface area contributed by atoms with Gasteiger partial charge in [-0.05, 0) is 31.2 Å². The fourth-order valence-electron chi connectivity index (χ4n) is 2.05. The number of benzene rings is 2. The molecule has 1 N–H and O–H groups in total. The van der Waals surface area contributed by atoms with Gasteiger partial charge in [0.2, 0.25) is 5.95 Å². The van der Waals surface area contributed by atoms with Crippen LogP contribution in [0.2, 0.25) is 5.02 Å². The number of halogens is 1. The van der Waals surface area contributed by atoms with Crippen molar-refractivity contribution in [3.8, 4) is 5.69 Å². The van der Waals surface area contributed by atoms with Crippen molar-refractivity contribution in [3.63, 3.8) is 0 Å². The molecule has 0 amide bonds. The molecule has 0 fully saturated rings. The van der Waals surface area contributed by atoms with Gasteiger partial charge in [-0.3, -0.25) is 4.57 Å². The molecule has 0 radical (unpaired) electrons. The highest BCUT2D eigenvalue weighted by molar-refractivity contribution is 6.33. The van der Waals surface area contributed by atoms with Gasteiger partial charge in [0.05, 0.1) is 16.4 Å². The summed E-state index contributed by atoms with van der Waals surface area (Å²) < 4.78 is 2.01. The van der Waals surface area contributed by atoms with E-state index in [1.165, 1.54) is 0 Å². The third-order valence-corrected chi connectivity index (χ3v) is 3.31. The Morgan fingerprint density at radius 2 is 1.70 bits per heavy atom. The summed E-state index contributed by atoms with van der Waals surface area (Å²) in [5, 5.41) is 3.95. The first kappa shape index (κ1) is 12.8. The molecule has 3 aromatic rings. The van der Waals surface area contributed by atoms with E-state index in [0.29, 0.717) is 5.02 Å². The highest BCUT2D eigenvalue weighted by Gasteiger charge is 2.09. The molecule has 0 spiro atoms. The molecule has 20 heavy (non-hydrogen) atoms. The zero-order valence-corrected chi connectivity index (χ0v) is 11.8. The summed E-state index contributed by atoms with van der Waals surface area (Å²) in [5.74, 6) is 0.752. The molecule has 3 rings (SSSR count). The third-order valence-electron chi connectivity index (χ3n) is 2.98. The van der Waals surface area contributed by atoms with E-state index in [9.17, 15) is 0 Å². The Morgan fingerprint density at radius 1 is 1.00 bits per heavy atom. The zero-order chi connectivity index (χ0) is 13.9. The largest absolute Gasteiger partial charge is 0.324 e. The van der Waals surface area contributed by atoms with E-state index < -0.39 is 0 Å². The fourth-order valence-corrected chi connectivity index (χ4v) is 2.24. The number of anilines is 2. The maximum absolute atomic E-state index is 6.18. The minimum Gasteiger partial charge on any atom is -0.324 e. The summed E-state index contributed by atoms with van der Waals surface area (Å²) >= 11 is 6.18. The Hall–Kier alpha value is -2.26. The second-order valence-corrected chi connectivity index (χ2v) is 4.92. The second-order valence-electron chi connectivity index (χ2n) is 4.52. The smallest absolute Gasteiger partial charge is 0.212 e. The van der Waals surface area contributed by atoms with Crippen molar-refractivity contribution in [3.05, 3.63) is 71.5 Å². The van der Waals surface area contributed by atoms with Gasteiger partial charge in [0.1, 0.15) is 0 Å². The Kier molecular flexibility index (Phi) is 3.44. The summed E-state index contributed by atoms with van der Waals surface area (Å²) in [7, 11) is 0. The van der Waals surface area contributed by atoms with Crippen LogP contribution in [-0.4, -0.2) is 9.55 Å². The van der Waals surface area contributed by atoms with Gasteiger partial charge in [0, 0.05) is 11.9 Å². The van der Waals surface area contributed by atoms with Gasteiger partial charge in [-0.15, -0.1) is 0 Å². The Morgan fingerprint density at radius 3 is 2.45 bits per heavy atom. The zero-order valence-electron chi connectivity index (χ0n) is 11.0. The van der Waals surface area contributed by atoms with Crippen molar-refractivity contribution < 1.29 is 0 Å². The first-order valence-corrected chi connectivity index (χ1v) is 6.75. The maximum atomic E-state index is 6.18. The number of rotatable bonds is 3. The molecule has 1 aromatic heterocycles. The normalized spacial score (nSPS) is 10.5. The molecule has 0 bridgehead atoms. The topological polar surface area (TPSA) is 29.9 Å². The molecule has 2 aromatic carbocycles. The molecule has 1 heterocycles. The van der Waals surface area contributed by atoms with Crippen LogP contribution in [-0.2, 0) is 0 Å². The molecule has 0 saturated heterocycles. The molecule has 100 valence electrons. The lowest BCUT2D eigenvalue weighted by molar-refractivity contribution is 1.06. The Balaban J connectivity index is 2.01. The molecule has 0 aliphatic rings. The molecule has 4 heteroatoms. The first-order chi connectivity index (χ1) is 9.74. The quantitative estimate of drug-likeness (QED) is 0.762.